The summed E-state index contributed by atoms with van der Waals surface area (Å²) >= 11 is 0. The van der Waals surface area contributed by atoms with Crippen molar-refractivity contribution in [3.05, 3.63) is 35.4 Å². The number of hydrogen-bond donors (Lipinski definition) is 1. The molecule has 1 aliphatic rings. The third-order valence-corrected chi connectivity index (χ3v) is 4.26. The van der Waals surface area contributed by atoms with Crippen molar-refractivity contribution < 1.29 is 4.79 Å². The number of piperazine rings is 1. The predicted molar refractivity (Wildman–Crippen MR) is 86.3 cm³/mol. The standard InChI is InChI=1S/C17H27N3O/c1-5-14-6-8-15(9-7-14)16(17(21)19(3)4)20-11-10-18-12-13(20)2/h6-9,13,16,18H,5,10-12H2,1-4H3. The molecule has 0 aromatic heterocycles. The van der Waals surface area contributed by atoms with Crippen LogP contribution in [0.2, 0.25) is 0 Å². The average Bonchev–Trinajstić information content (AvgIpc) is 2.50. The van der Waals surface area contributed by atoms with Gasteiger partial charge in [-0.05, 0) is 24.5 Å². The molecule has 4 nitrogen and oxygen atoms in total. The van der Waals surface area contributed by atoms with Gasteiger partial charge in [-0.15, -0.1) is 0 Å². The number of likely N-dealkylation sites (N-methyl/N-ethyl adjacent to an activating group) is 1. The Balaban J connectivity index is 2.32. The molecule has 0 bridgehead atoms. The molecule has 1 saturated heterocycles. The summed E-state index contributed by atoms with van der Waals surface area (Å²) < 4.78 is 0. The predicted octanol–water partition coefficient (Wildman–Crippen LogP) is 1.67. The quantitative estimate of drug-likeness (QED) is 0.916. The second-order valence-corrected chi connectivity index (χ2v) is 6.02. The number of carbonyl (C=O) groups is 1. The first-order chi connectivity index (χ1) is 10.0. The van der Waals surface area contributed by atoms with E-state index in [1.165, 1.54) is 5.56 Å². The minimum absolute atomic E-state index is 0.160. The van der Waals surface area contributed by atoms with Gasteiger partial charge in [-0.3, -0.25) is 9.69 Å². The van der Waals surface area contributed by atoms with Gasteiger partial charge in [-0.1, -0.05) is 31.2 Å². The SMILES string of the molecule is CCc1ccc(C(C(=O)N(C)C)N2CCNCC2C)cc1. The molecule has 2 unspecified atom stereocenters. The maximum Gasteiger partial charge on any atom is 0.244 e. The van der Waals surface area contributed by atoms with Crippen LogP contribution in [0.4, 0.5) is 0 Å². The highest BCUT2D eigenvalue weighted by molar-refractivity contribution is 5.83. The van der Waals surface area contributed by atoms with Gasteiger partial charge in [0.2, 0.25) is 5.91 Å². The minimum Gasteiger partial charge on any atom is -0.347 e. The zero-order valence-electron chi connectivity index (χ0n) is 13.6. The fraction of sp³-hybridized carbons (Fsp3) is 0.588. The van der Waals surface area contributed by atoms with Crippen LogP contribution in [0.25, 0.3) is 0 Å². The van der Waals surface area contributed by atoms with Crippen LogP contribution in [-0.2, 0) is 11.2 Å². The molecular weight excluding hydrogens is 262 g/mol. The number of amides is 1. The highest BCUT2D eigenvalue weighted by Gasteiger charge is 2.33. The lowest BCUT2D eigenvalue weighted by Crippen LogP contribution is -2.54. The molecule has 1 fully saturated rings. The maximum atomic E-state index is 12.7. The Labute approximate surface area is 128 Å². The van der Waals surface area contributed by atoms with E-state index >= 15 is 0 Å². The Hall–Kier alpha value is -1.39. The molecular formula is C17H27N3O. The van der Waals surface area contributed by atoms with E-state index in [-0.39, 0.29) is 11.9 Å². The van der Waals surface area contributed by atoms with Crippen molar-refractivity contribution in [1.29, 1.82) is 0 Å². The van der Waals surface area contributed by atoms with Crippen LogP contribution in [-0.4, -0.2) is 55.5 Å². The molecule has 1 aromatic carbocycles. The van der Waals surface area contributed by atoms with Crippen LogP contribution in [0.15, 0.2) is 24.3 Å². The van der Waals surface area contributed by atoms with Crippen molar-refractivity contribution in [3.63, 3.8) is 0 Å². The Morgan fingerprint density at radius 3 is 2.57 bits per heavy atom. The summed E-state index contributed by atoms with van der Waals surface area (Å²) in [6.07, 6.45) is 1.02. The van der Waals surface area contributed by atoms with E-state index in [2.05, 4.69) is 48.3 Å². The van der Waals surface area contributed by atoms with Gasteiger partial charge in [-0.25, -0.2) is 0 Å². The first-order valence-corrected chi connectivity index (χ1v) is 7.81. The van der Waals surface area contributed by atoms with Crippen LogP contribution in [0.1, 0.15) is 31.0 Å². The summed E-state index contributed by atoms with van der Waals surface area (Å²) in [5, 5.41) is 3.39. The molecule has 1 aromatic rings. The fourth-order valence-corrected chi connectivity index (χ4v) is 2.90. The van der Waals surface area contributed by atoms with E-state index in [1.807, 2.05) is 14.1 Å². The largest absolute Gasteiger partial charge is 0.347 e. The molecule has 0 radical (unpaired) electrons. The van der Waals surface area contributed by atoms with Gasteiger partial charge < -0.3 is 10.2 Å². The highest BCUT2D eigenvalue weighted by atomic mass is 16.2. The number of benzene rings is 1. The van der Waals surface area contributed by atoms with E-state index in [0.29, 0.717) is 6.04 Å². The summed E-state index contributed by atoms with van der Waals surface area (Å²) in [5.41, 5.74) is 2.41. The van der Waals surface area contributed by atoms with E-state index in [4.69, 9.17) is 0 Å². The van der Waals surface area contributed by atoms with Crippen molar-refractivity contribution in [1.82, 2.24) is 15.1 Å². The Bertz CT molecular complexity index is 469. The van der Waals surface area contributed by atoms with E-state index < -0.39 is 0 Å². The van der Waals surface area contributed by atoms with Crippen LogP contribution < -0.4 is 5.32 Å². The Morgan fingerprint density at radius 1 is 1.38 bits per heavy atom. The summed E-state index contributed by atoms with van der Waals surface area (Å²) in [6.45, 7) is 7.11. The topological polar surface area (TPSA) is 35.6 Å². The molecule has 21 heavy (non-hydrogen) atoms. The van der Waals surface area contributed by atoms with Gasteiger partial charge in [0.25, 0.3) is 0 Å². The third-order valence-electron chi connectivity index (χ3n) is 4.26. The van der Waals surface area contributed by atoms with Crippen LogP contribution in [0.3, 0.4) is 0 Å². The molecule has 2 rings (SSSR count). The molecule has 0 spiro atoms. The summed E-state index contributed by atoms with van der Waals surface area (Å²) in [7, 11) is 3.67. The molecule has 4 heteroatoms. The van der Waals surface area contributed by atoms with Gasteiger partial charge in [0.05, 0.1) is 0 Å². The lowest BCUT2D eigenvalue weighted by molar-refractivity contribution is -0.136. The van der Waals surface area contributed by atoms with E-state index in [0.717, 1.165) is 31.6 Å². The Morgan fingerprint density at radius 2 is 2.05 bits per heavy atom. The van der Waals surface area contributed by atoms with Gasteiger partial charge in [0.15, 0.2) is 0 Å². The van der Waals surface area contributed by atoms with E-state index in [1.54, 1.807) is 4.90 Å². The number of nitrogens with one attached hydrogen (secondary N) is 1. The van der Waals surface area contributed by atoms with Crippen molar-refractivity contribution in [2.45, 2.75) is 32.4 Å². The van der Waals surface area contributed by atoms with Gasteiger partial charge >= 0.3 is 0 Å². The molecule has 0 aliphatic carbocycles. The van der Waals surface area contributed by atoms with Crippen LogP contribution in [0.5, 0.6) is 0 Å². The van der Waals surface area contributed by atoms with Crippen LogP contribution in [0, 0.1) is 0 Å². The van der Waals surface area contributed by atoms with Crippen molar-refractivity contribution in [2.75, 3.05) is 33.7 Å². The van der Waals surface area contributed by atoms with Gasteiger partial charge in [-0.2, -0.15) is 0 Å². The first kappa shape index (κ1) is 16.0. The lowest BCUT2D eigenvalue weighted by Gasteiger charge is -2.40. The lowest BCUT2D eigenvalue weighted by atomic mass is 9.99. The van der Waals surface area contributed by atoms with Gasteiger partial charge in [0.1, 0.15) is 6.04 Å². The molecule has 2 atom stereocenters. The molecule has 0 saturated carbocycles. The van der Waals surface area contributed by atoms with Crippen LogP contribution >= 0.6 is 0 Å². The summed E-state index contributed by atoms with van der Waals surface area (Å²) in [5.74, 6) is 0.160. The van der Waals surface area contributed by atoms with Crippen molar-refractivity contribution >= 4 is 5.91 Å². The molecule has 1 aliphatic heterocycles. The fourth-order valence-electron chi connectivity index (χ4n) is 2.90. The molecule has 1 N–H and O–H groups in total. The third kappa shape index (κ3) is 3.63. The Kier molecular flexibility index (Phi) is 5.37. The zero-order valence-corrected chi connectivity index (χ0v) is 13.6. The van der Waals surface area contributed by atoms with E-state index in [9.17, 15) is 4.79 Å². The number of nitrogens with zero attached hydrogens (tertiary/aromatic N) is 2. The second kappa shape index (κ2) is 7.05. The number of aryl methyl sites for hydroxylation is 1. The molecule has 1 amide bonds. The first-order valence-electron chi connectivity index (χ1n) is 7.81. The number of carbonyl (C=O) groups excluding carboxylic acids is 1. The second-order valence-electron chi connectivity index (χ2n) is 6.02. The summed E-state index contributed by atoms with van der Waals surface area (Å²) in [6, 6.07) is 8.68. The number of rotatable bonds is 4. The minimum atomic E-state index is -0.178. The molecule has 1 heterocycles. The monoisotopic (exact) mass is 289 g/mol. The maximum absolute atomic E-state index is 12.7. The zero-order chi connectivity index (χ0) is 15.4. The average molecular weight is 289 g/mol. The molecule has 116 valence electrons. The van der Waals surface area contributed by atoms with Gasteiger partial charge in [0, 0.05) is 39.8 Å². The van der Waals surface area contributed by atoms with Crippen molar-refractivity contribution in [3.8, 4) is 0 Å². The normalized spacial score (nSPS) is 21.0. The highest BCUT2D eigenvalue weighted by Crippen LogP contribution is 2.26. The smallest absolute Gasteiger partial charge is 0.244 e. The summed E-state index contributed by atoms with van der Waals surface area (Å²) in [4.78, 5) is 16.7. The van der Waals surface area contributed by atoms with Crippen molar-refractivity contribution in [2.24, 2.45) is 0 Å². The number of hydrogen-bond acceptors (Lipinski definition) is 3.